The highest BCUT2D eigenvalue weighted by molar-refractivity contribution is 5.79. The SMILES string of the molecule is CCN(C)CCNCC(N)C(N)=O. The normalized spacial score (nSPS) is 13.2. The van der Waals surface area contributed by atoms with Crippen molar-refractivity contribution in [3.05, 3.63) is 0 Å². The van der Waals surface area contributed by atoms with Crippen LogP contribution in [0.15, 0.2) is 0 Å². The van der Waals surface area contributed by atoms with Crippen LogP contribution in [-0.4, -0.2) is 50.1 Å². The molecule has 0 saturated heterocycles. The van der Waals surface area contributed by atoms with E-state index < -0.39 is 11.9 Å². The number of amides is 1. The minimum atomic E-state index is -0.577. The van der Waals surface area contributed by atoms with Crippen molar-refractivity contribution in [3.63, 3.8) is 0 Å². The lowest BCUT2D eigenvalue weighted by molar-refractivity contribution is -0.119. The smallest absolute Gasteiger partial charge is 0.235 e. The lowest BCUT2D eigenvalue weighted by atomic mass is 10.3. The molecule has 5 heteroatoms. The number of hydrogen-bond donors (Lipinski definition) is 3. The van der Waals surface area contributed by atoms with E-state index in [1.165, 1.54) is 0 Å². The predicted octanol–water partition coefficient (Wildman–Crippen LogP) is -1.66. The molecule has 0 rings (SSSR count). The Morgan fingerprint density at radius 2 is 2.23 bits per heavy atom. The van der Waals surface area contributed by atoms with Gasteiger partial charge in [-0.15, -0.1) is 0 Å². The molecule has 0 spiro atoms. The Labute approximate surface area is 79.4 Å². The van der Waals surface area contributed by atoms with Crippen LogP contribution in [0.5, 0.6) is 0 Å². The Morgan fingerprint density at radius 3 is 2.69 bits per heavy atom. The first-order valence-electron chi connectivity index (χ1n) is 4.52. The van der Waals surface area contributed by atoms with Crippen molar-refractivity contribution in [1.29, 1.82) is 0 Å². The number of nitrogens with zero attached hydrogens (tertiary/aromatic N) is 1. The summed E-state index contributed by atoms with van der Waals surface area (Å²) in [5.74, 6) is -0.462. The average molecular weight is 188 g/mol. The standard InChI is InChI=1S/C8H20N4O/c1-3-12(2)5-4-11-6-7(9)8(10)13/h7,11H,3-6,9H2,1-2H3,(H2,10,13). The number of nitrogens with two attached hydrogens (primary N) is 2. The van der Waals surface area contributed by atoms with Crippen molar-refractivity contribution in [2.75, 3.05) is 33.2 Å². The van der Waals surface area contributed by atoms with Crippen LogP contribution in [0, 0.1) is 0 Å². The van der Waals surface area contributed by atoms with Crippen molar-refractivity contribution in [2.24, 2.45) is 11.5 Å². The number of nitrogens with one attached hydrogen (secondary N) is 1. The van der Waals surface area contributed by atoms with Gasteiger partial charge in [0.25, 0.3) is 0 Å². The van der Waals surface area contributed by atoms with Crippen LogP contribution in [0.3, 0.4) is 0 Å². The van der Waals surface area contributed by atoms with Crippen molar-refractivity contribution in [3.8, 4) is 0 Å². The third-order valence-electron chi connectivity index (χ3n) is 1.94. The lowest BCUT2D eigenvalue weighted by Crippen LogP contribution is -2.45. The molecule has 0 fully saturated rings. The van der Waals surface area contributed by atoms with Gasteiger partial charge >= 0.3 is 0 Å². The first-order chi connectivity index (χ1) is 6.07. The van der Waals surface area contributed by atoms with Crippen molar-refractivity contribution < 1.29 is 4.79 Å². The zero-order valence-electron chi connectivity index (χ0n) is 8.42. The number of carbonyl (C=O) groups is 1. The van der Waals surface area contributed by atoms with Gasteiger partial charge < -0.3 is 21.7 Å². The van der Waals surface area contributed by atoms with E-state index in [0.717, 1.165) is 19.6 Å². The Bertz CT molecular complexity index is 151. The molecular weight excluding hydrogens is 168 g/mol. The van der Waals surface area contributed by atoms with Crippen LogP contribution in [-0.2, 0) is 4.79 Å². The first kappa shape index (κ1) is 12.3. The van der Waals surface area contributed by atoms with Gasteiger partial charge in [0.1, 0.15) is 0 Å². The number of hydrogen-bond acceptors (Lipinski definition) is 4. The summed E-state index contributed by atoms with van der Waals surface area (Å²) in [4.78, 5) is 12.7. The van der Waals surface area contributed by atoms with Gasteiger partial charge in [-0.05, 0) is 13.6 Å². The van der Waals surface area contributed by atoms with E-state index in [-0.39, 0.29) is 0 Å². The Balaban J connectivity index is 3.30. The van der Waals surface area contributed by atoms with Crippen molar-refractivity contribution in [1.82, 2.24) is 10.2 Å². The van der Waals surface area contributed by atoms with E-state index in [1.807, 2.05) is 7.05 Å². The highest BCUT2D eigenvalue weighted by Crippen LogP contribution is 1.78. The fourth-order valence-corrected chi connectivity index (χ4v) is 0.786. The van der Waals surface area contributed by atoms with E-state index in [1.54, 1.807) is 0 Å². The highest BCUT2D eigenvalue weighted by atomic mass is 16.1. The summed E-state index contributed by atoms with van der Waals surface area (Å²) in [5.41, 5.74) is 10.4. The quantitative estimate of drug-likeness (QED) is 0.418. The van der Waals surface area contributed by atoms with E-state index in [0.29, 0.717) is 6.54 Å². The van der Waals surface area contributed by atoms with Crippen LogP contribution in [0.1, 0.15) is 6.92 Å². The fraction of sp³-hybridized carbons (Fsp3) is 0.875. The largest absolute Gasteiger partial charge is 0.368 e. The van der Waals surface area contributed by atoms with Gasteiger partial charge in [-0.1, -0.05) is 6.92 Å². The van der Waals surface area contributed by atoms with Gasteiger partial charge in [-0.3, -0.25) is 4.79 Å². The molecule has 0 aromatic heterocycles. The maximum atomic E-state index is 10.5. The molecule has 1 atom stereocenters. The summed E-state index contributed by atoms with van der Waals surface area (Å²) >= 11 is 0. The number of primary amides is 1. The molecule has 78 valence electrons. The topological polar surface area (TPSA) is 84.4 Å². The minimum Gasteiger partial charge on any atom is -0.368 e. The number of likely N-dealkylation sites (N-methyl/N-ethyl adjacent to an activating group) is 1. The van der Waals surface area contributed by atoms with E-state index >= 15 is 0 Å². The van der Waals surface area contributed by atoms with Gasteiger partial charge in [-0.25, -0.2) is 0 Å². The summed E-state index contributed by atoms with van der Waals surface area (Å²) in [6.45, 7) is 5.33. The van der Waals surface area contributed by atoms with Crippen molar-refractivity contribution in [2.45, 2.75) is 13.0 Å². The van der Waals surface area contributed by atoms with Crippen LogP contribution in [0.4, 0.5) is 0 Å². The average Bonchev–Trinajstić information content (AvgIpc) is 2.11. The van der Waals surface area contributed by atoms with Crippen LogP contribution in [0.2, 0.25) is 0 Å². The molecule has 1 unspecified atom stereocenters. The molecule has 5 N–H and O–H groups in total. The maximum Gasteiger partial charge on any atom is 0.235 e. The highest BCUT2D eigenvalue weighted by Gasteiger charge is 2.07. The maximum absolute atomic E-state index is 10.5. The molecule has 0 aliphatic rings. The molecule has 0 bridgehead atoms. The van der Waals surface area contributed by atoms with E-state index in [4.69, 9.17) is 11.5 Å². The zero-order chi connectivity index (χ0) is 10.3. The van der Waals surface area contributed by atoms with Crippen LogP contribution >= 0.6 is 0 Å². The second-order valence-corrected chi connectivity index (χ2v) is 3.11. The Morgan fingerprint density at radius 1 is 1.62 bits per heavy atom. The summed E-state index contributed by atoms with van der Waals surface area (Å²) in [7, 11) is 2.04. The molecule has 0 radical (unpaired) electrons. The minimum absolute atomic E-state index is 0.451. The molecule has 0 heterocycles. The predicted molar refractivity (Wildman–Crippen MR) is 53.2 cm³/mol. The lowest BCUT2D eigenvalue weighted by Gasteiger charge is -2.15. The van der Waals surface area contributed by atoms with E-state index in [9.17, 15) is 4.79 Å². The summed E-state index contributed by atoms with van der Waals surface area (Å²) in [6, 6.07) is -0.577. The third-order valence-corrected chi connectivity index (χ3v) is 1.94. The monoisotopic (exact) mass is 188 g/mol. The third kappa shape index (κ3) is 6.51. The van der Waals surface area contributed by atoms with Gasteiger partial charge in [0.05, 0.1) is 6.04 Å². The molecule has 0 aliphatic heterocycles. The van der Waals surface area contributed by atoms with Gasteiger partial charge in [-0.2, -0.15) is 0 Å². The first-order valence-corrected chi connectivity index (χ1v) is 4.52. The fourth-order valence-electron chi connectivity index (χ4n) is 0.786. The molecular formula is C8H20N4O. The summed E-state index contributed by atoms with van der Waals surface area (Å²) in [5, 5.41) is 3.06. The van der Waals surface area contributed by atoms with Crippen molar-refractivity contribution >= 4 is 5.91 Å². The summed E-state index contributed by atoms with van der Waals surface area (Å²) in [6.07, 6.45) is 0. The molecule has 0 aromatic carbocycles. The number of rotatable bonds is 7. The Kier molecular flexibility index (Phi) is 6.48. The molecule has 5 nitrogen and oxygen atoms in total. The van der Waals surface area contributed by atoms with Crippen LogP contribution < -0.4 is 16.8 Å². The Hall–Kier alpha value is -0.650. The van der Waals surface area contributed by atoms with Gasteiger partial charge in [0, 0.05) is 19.6 Å². The molecule has 1 amide bonds. The van der Waals surface area contributed by atoms with Crippen LogP contribution in [0.25, 0.3) is 0 Å². The van der Waals surface area contributed by atoms with Gasteiger partial charge in [0.2, 0.25) is 5.91 Å². The second-order valence-electron chi connectivity index (χ2n) is 3.11. The summed E-state index contributed by atoms with van der Waals surface area (Å²) < 4.78 is 0. The zero-order valence-corrected chi connectivity index (χ0v) is 8.42. The number of carbonyl (C=O) groups excluding carboxylic acids is 1. The van der Waals surface area contributed by atoms with Gasteiger partial charge in [0.15, 0.2) is 0 Å². The second kappa shape index (κ2) is 6.82. The molecule has 0 aromatic rings. The molecule has 0 saturated carbocycles. The molecule has 13 heavy (non-hydrogen) atoms. The van der Waals surface area contributed by atoms with E-state index in [2.05, 4.69) is 17.1 Å². The molecule has 0 aliphatic carbocycles.